The summed E-state index contributed by atoms with van der Waals surface area (Å²) in [6.07, 6.45) is 9.71. The highest BCUT2D eigenvalue weighted by atomic mass is 127. The van der Waals surface area contributed by atoms with Crippen LogP contribution in [0.5, 0.6) is 0 Å². The molecule has 0 amide bonds. The van der Waals surface area contributed by atoms with E-state index >= 15 is 0 Å². The molecule has 114 valence electrons. The number of rotatable bonds is 3. The van der Waals surface area contributed by atoms with Crippen molar-refractivity contribution in [2.75, 3.05) is 19.6 Å². The minimum absolute atomic E-state index is 0.269. The van der Waals surface area contributed by atoms with Crippen LogP contribution in [0.1, 0.15) is 55.3 Å². The van der Waals surface area contributed by atoms with E-state index in [1.54, 1.807) is 0 Å². The molecule has 0 unspecified atom stereocenters. The Morgan fingerprint density at radius 1 is 1.00 bits per heavy atom. The lowest BCUT2D eigenvalue weighted by Gasteiger charge is -2.44. The molecule has 1 aromatic carbocycles. The summed E-state index contributed by atoms with van der Waals surface area (Å²) < 4.78 is 1.18. The number of halogens is 1. The molecule has 1 spiro atoms. The minimum atomic E-state index is 0.269. The number of piperidine rings is 1. The van der Waals surface area contributed by atoms with E-state index in [1.807, 2.05) is 24.3 Å². The summed E-state index contributed by atoms with van der Waals surface area (Å²) in [7, 11) is 0. The fourth-order valence-corrected chi connectivity index (χ4v) is 4.28. The van der Waals surface area contributed by atoms with Gasteiger partial charge in [0, 0.05) is 9.13 Å². The Kier molecular flexibility index (Phi) is 4.99. The van der Waals surface area contributed by atoms with Gasteiger partial charge in [-0.2, -0.15) is 0 Å². The second kappa shape index (κ2) is 6.78. The van der Waals surface area contributed by atoms with E-state index in [9.17, 15) is 4.79 Å². The normalized spacial score (nSPS) is 22.3. The number of nitrogens with zero attached hydrogens (tertiary/aromatic N) is 1. The fourth-order valence-electron chi connectivity index (χ4n) is 3.92. The number of hydrogen-bond acceptors (Lipinski definition) is 2. The van der Waals surface area contributed by atoms with E-state index < -0.39 is 0 Å². The van der Waals surface area contributed by atoms with Crippen LogP contribution in [0.2, 0.25) is 0 Å². The molecule has 21 heavy (non-hydrogen) atoms. The van der Waals surface area contributed by atoms with Crippen LogP contribution in [0.15, 0.2) is 24.3 Å². The summed E-state index contributed by atoms with van der Waals surface area (Å²) in [6.45, 7) is 2.81. The van der Waals surface area contributed by atoms with Gasteiger partial charge in [-0.05, 0) is 78.9 Å². The third-order valence-electron chi connectivity index (χ3n) is 5.36. The zero-order valence-electron chi connectivity index (χ0n) is 12.6. The van der Waals surface area contributed by atoms with Gasteiger partial charge < -0.3 is 0 Å². The largest absolute Gasteiger partial charge is 0.296 e. The summed E-state index contributed by atoms with van der Waals surface area (Å²) in [5.74, 6) is 0.269. The highest BCUT2D eigenvalue weighted by molar-refractivity contribution is 14.1. The molecule has 0 bridgehead atoms. The van der Waals surface area contributed by atoms with Gasteiger partial charge in [-0.15, -0.1) is 0 Å². The molecule has 2 fully saturated rings. The molecule has 3 rings (SSSR count). The van der Waals surface area contributed by atoms with Crippen LogP contribution < -0.4 is 0 Å². The van der Waals surface area contributed by atoms with E-state index in [2.05, 4.69) is 27.5 Å². The Morgan fingerprint density at radius 2 is 1.62 bits per heavy atom. The Hall–Kier alpha value is -0.420. The van der Waals surface area contributed by atoms with Crippen LogP contribution in [0.25, 0.3) is 0 Å². The van der Waals surface area contributed by atoms with Gasteiger partial charge in [-0.1, -0.05) is 31.4 Å². The van der Waals surface area contributed by atoms with Crippen molar-refractivity contribution in [3.05, 3.63) is 33.4 Å². The van der Waals surface area contributed by atoms with Gasteiger partial charge in [0.1, 0.15) is 0 Å². The molecule has 0 radical (unpaired) electrons. The first-order valence-corrected chi connectivity index (χ1v) is 9.26. The van der Waals surface area contributed by atoms with Crippen molar-refractivity contribution < 1.29 is 4.79 Å². The highest BCUT2D eigenvalue weighted by Gasteiger charge is 2.35. The fraction of sp³-hybridized carbons (Fsp3) is 0.611. The number of likely N-dealkylation sites (tertiary alicyclic amines) is 1. The van der Waals surface area contributed by atoms with Crippen molar-refractivity contribution in [1.82, 2.24) is 4.90 Å². The van der Waals surface area contributed by atoms with E-state index in [-0.39, 0.29) is 5.78 Å². The summed E-state index contributed by atoms with van der Waals surface area (Å²) in [5, 5.41) is 0. The minimum Gasteiger partial charge on any atom is -0.296 e. The lowest BCUT2D eigenvalue weighted by atomic mass is 9.68. The zero-order valence-corrected chi connectivity index (χ0v) is 14.8. The van der Waals surface area contributed by atoms with Crippen molar-refractivity contribution in [1.29, 1.82) is 0 Å². The molecule has 1 aromatic rings. The molecule has 2 nitrogen and oxygen atoms in total. The van der Waals surface area contributed by atoms with Crippen LogP contribution in [0.3, 0.4) is 0 Å². The van der Waals surface area contributed by atoms with E-state index in [1.165, 1.54) is 48.5 Å². The molecule has 0 N–H and O–H groups in total. The van der Waals surface area contributed by atoms with Gasteiger partial charge in [0.15, 0.2) is 5.78 Å². The van der Waals surface area contributed by atoms with Crippen molar-refractivity contribution in [2.24, 2.45) is 5.41 Å². The van der Waals surface area contributed by atoms with Gasteiger partial charge in [0.2, 0.25) is 0 Å². The maximum atomic E-state index is 12.3. The first-order valence-electron chi connectivity index (χ1n) is 8.18. The number of carbonyl (C=O) groups excluding carboxylic acids is 1. The SMILES string of the molecule is O=C(CN1CCC2(CCCCC2)CC1)c1ccc(I)cc1. The maximum Gasteiger partial charge on any atom is 0.176 e. The van der Waals surface area contributed by atoms with Crippen molar-refractivity contribution >= 4 is 28.4 Å². The summed E-state index contributed by atoms with van der Waals surface area (Å²) >= 11 is 2.27. The number of benzene rings is 1. The summed E-state index contributed by atoms with van der Waals surface area (Å²) in [6, 6.07) is 7.94. The molecule has 1 aliphatic heterocycles. The van der Waals surface area contributed by atoms with Crippen molar-refractivity contribution in [2.45, 2.75) is 44.9 Å². The van der Waals surface area contributed by atoms with E-state index in [4.69, 9.17) is 0 Å². The number of Topliss-reactive ketones (excluding diaryl/α,β-unsaturated/α-hetero) is 1. The van der Waals surface area contributed by atoms with Crippen LogP contribution in [-0.4, -0.2) is 30.3 Å². The smallest absolute Gasteiger partial charge is 0.176 e. The monoisotopic (exact) mass is 397 g/mol. The first-order chi connectivity index (χ1) is 10.2. The molecular weight excluding hydrogens is 373 g/mol. The van der Waals surface area contributed by atoms with Crippen LogP contribution in [-0.2, 0) is 0 Å². The van der Waals surface area contributed by atoms with Gasteiger partial charge in [-0.25, -0.2) is 0 Å². The number of hydrogen-bond donors (Lipinski definition) is 0. The molecule has 1 heterocycles. The molecule has 0 atom stereocenters. The van der Waals surface area contributed by atoms with Gasteiger partial charge in [0.05, 0.1) is 6.54 Å². The Labute approximate surface area is 141 Å². The average molecular weight is 397 g/mol. The Bertz CT molecular complexity index is 480. The predicted octanol–water partition coefficient (Wildman–Crippen LogP) is 4.52. The molecule has 2 aliphatic rings. The molecule has 0 aromatic heterocycles. The van der Waals surface area contributed by atoms with Crippen LogP contribution in [0.4, 0.5) is 0 Å². The van der Waals surface area contributed by atoms with Gasteiger partial charge >= 0.3 is 0 Å². The quantitative estimate of drug-likeness (QED) is 0.552. The molecule has 1 aliphatic carbocycles. The number of carbonyl (C=O) groups is 1. The summed E-state index contributed by atoms with van der Waals surface area (Å²) in [4.78, 5) is 14.7. The van der Waals surface area contributed by atoms with Crippen molar-refractivity contribution in [3.8, 4) is 0 Å². The Morgan fingerprint density at radius 3 is 2.24 bits per heavy atom. The average Bonchev–Trinajstić information content (AvgIpc) is 2.51. The van der Waals surface area contributed by atoms with E-state index in [0.717, 1.165) is 18.7 Å². The Balaban J connectivity index is 1.53. The molecule has 1 saturated heterocycles. The molecular formula is C18H24INO. The highest BCUT2D eigenvalue weighted by Crippen LogP contribution is 2.44. The van der Waals surface area contributed by atoms with Crippen LogP contribution in [0, 0.1) is 8.99 Å². The van der Waals surface area contributed by atoms with Gasteiger partial charge in [0.25, 0.3) is 0 Å². The zero-order chi connectivity index (χ0) is 14.7. The molecule has 1 saturated carbocycles. The lowest BCUT2D eigenvalue weighted by Crippen LogP contribution is -2.43. The van der Waals surface area contributed by atoms with E-state index in [0.29, 0.717) is 12.0 Å². The number of ketones is 1. The maximum absolute atomic E-state index is 12.3. The lowest BCUT2D eigenvalue weighted by molar-refractivity contribution is 0.0611. The van der Waals surface area contributed by atoms with Gasteiger partial charge in [-0.3, -0.25) is 9.69 Å². The predicted molar refractivity (Wildman–Crippen MR) is 94.7 cm³/mol. The topological polar surface area (TPSA) is 20.3 Å². The third kappa shape index (κ3) is 3.86. The summed E-state index contributed by atoms with van der Waals surface area (Å²) in [5.41, 5.74) is 1.48. The standard InChI is InChI=1S/C18H24INO/c19-16-6-4-15(5-7-16)17(21)14-20-12-10-18(11-13-20)8-2-1-3-9-18/h4-7H,1-3,8-14H2. The first kappa shape index (κ1) is 15.5. The third-order valence-corrected chi connectivity index (χ3v) is 6.08. The molecule has 3 heteroatoms. The second-order valence-electron chi connectivity index (χ2n) is 6.77. The van der Waals surface area contributed by atoms with Crippen LogP contribution >= 0.6 is 22.6 Å². The van der Waals surface area contributed by atoms with Crippen molar-refractivity contribution in [3.63, 3.8) is 0 Å². The second-order valence-corrected chi connectivity index (χ2v) is 8.01.